The Hall–Kier alpha value is -2.35. The smallest absolute Gasteiger partial charge is 0.210 e. The van der Waals surface area contributed by atoms with E-state index in [2.05, 4.69) is 13.8 Å². The van der Waals surface area contributed by atoms with Crippen LogP contribution in [0.15, 0.2) is 49.1 Å². The highest BCUT2D eigenvalue weighted by Crippen LogP contribution is 2.02. The molecule has 0 bridgehead atoms. The summed E-state index contributed by atoms with van der Waals surface area (Å²) in [6, 6.07) is 7.11. The third-order valence-corrected chi connectivity index (χ3v) is 4.09. The largest absolute Gasteiger partial charge is 1.00 e. The van der Waals surface area contributed by atoms with Crippen LogP contribution < -0.4 is 31.2 Å². The molecule has 2 aromatic heterocycles. The third kappa shape index (κ3) is 18.2. The summed E-state index contributed by atoms with van der Waals surface area (Å²) in [4.78, 5) is 10.5. The topological polar surface area (TPSA) is 91.6 Å². The molecule has 0 aromatic carbocycles. The number of hydrogen-bond acceptors (Lipinski definition) is 4. The molecule has 0 aliphatic carbocycles. The van der Waals surface area contributed by atoms with Crippen LogP contribution in [-0.4, -0.2) is 35.3 Å². The highest BCUT2D eigenvalue weighted by molar-refractivity contribution is 5.61. The lowest BCUT2D eigenvalue weighted by atomic mass is 10.2. The summed E-state index contributed by atoms with van der Waals surface area (Å²) in [5.41, 5.74) is 0. The Bertz CT molecular complexity index is 663. The van der Waals surface area contributed by atoms with Crippen LogP contribution in [0, 0.1) is 0 Å². The first-order valence-corrected chi connectivity index (χ1v) is 10.5. The van der Waals surface area contributed by atoms with Crippen molar-refractivity contribution >= 4 is 6.09 Å². The Kier molecular flexibility index (Phi) is 19.5. The number of halogens is 1. The van der Waals surface area contributed by atoms with Gasteiger partial charge in [-0.3, -0.25) is 0 Å². The fourth-order valence-corrected chi connectivity index (χ4v) is 2.38. The maximum atomic E-state index is 9.51. The second kappa shape index (κ2) is 19.6. The number of rotatable bonds is 8. The molecular weight excluding hydrogens is 462 g/mol. The van der Waals surface area contributed by atoms with Gasteiger partial charge in [0.1, 0.15) is 19.2 Å². The van der Waals surface area contributed by atoms with Crippen LogP contribution in [0.1, 0.15) is 52.4 Å². The molecule has 0 unspecified atom stereocenters. The van der Waals surface area contributed by atoms with Crippen LogP contribution in [-0.2, 0) is 13.1 Å². The minimum Gasteiger partial charge on any atom is -1.00 e. The zero-order chi connectivity index (χ0) is 22.8. The molecule has 2 N–H and O–H groups in total. The summed E-state index contributed by atoms with van der Waals surface area (Å²) < 4.78 is 4.04. The van der Waals surface area contributed by atoms with Crippen molar-refractivity contribution in [1.29, 1.82) is 0 Å². The highest BCUT2D eigenvalue weighted by Gasteiger charge is 2.00. The zero-order valence-corrected chi connectivity index (χ0v) is 20.8. The van der Waals surface area contributed by atoms with Gasteiger partial charge in [0.05, 0.1) is 0 Å². The number of nitrogens with zero attached hydrogens (tertiary/aromatic N) is 3. The fourth-order valence-electron chi connectivity index (χ4n) is 2.38. The van der Waals surface area contributed by atoms with Crippen molar-refractivity contribution in [3.8, 4) is 11.5 Å². The Morgan fingerprint density at radius 2 is 1.23 bits per heavy atom. The molecule has 0 saturated carbocycles. The lowest BCUT2D eigenvalue weighted by Gasteiger charge is -2.10. The molecule has 176 valence electrons. The maximum Gasteiger partial charge on any atom is 0.210 e. The van der Waals surface area contributed by atoms with Gasteiger partial charge in [-0.25, -0.2) is 9.13 Å². The SMILES string of the molecule is CCCCC[n+]1cccc(O)c1.CCCCC[n+]1cccc(O)c1.CN(C)C(=O)[O-].[Br-]. The molecule has 0 saturated heterocycles. The molecule has 2 heterocycles. The normalized spacial score (nSPS) is 9.29. The molecule has 0 aliphatic rings. The van der Waals surface area contributed by atoms with Crippen LogP contribution in [0.5, 0.6) is 11.5 Å². The molecule has 0 spiro atoms. The Balaban J connectivity index is 0. The molecular formula is C23H38BrN3O4. The van der Waals surface area contributed by atoms with Crippen molar-refractivity contribution in [1.82, 2.24) is 4.90 Å². The Morgan fingerprint density at radius 3 is 1.48 bits per heavy atom. The van der Waals surface area contributed by atoms with Gasteiger partial charge in [0.15, 0.2) is 23.9 Å². The Morgan fingerprint density at radius 1 is 0.871 bits per heavy atom. The molecule has 0 aliphatic heterocycles. The van der Waals surface area contributed by atoms with Crippen molar-refractivity contribution in [3.05, 3.63) is 49.1 Å². The lowest BCUT2D eigenvalue weighted by molar-refractivity contribution is -0.697. The van der Waals surface area contributed by atoms with E-state index in [1.54, 1.807) is 24.5 Å². The summed E-state index contributed by atoms with van der Waals surface area (Å²) in [6.45, 7) is 6.38. The van der Waals surface area contributed by atoms with Crippen molar-refractivity contribution in [2.24, 2.45) is 0 Å². The molecule has 0 atom stereocenters. The van der Waals surface area contributed by atoms with Crippen molar-refractivity contribution < 1.29 is 46.2 Å². The number of hydrogen-bond donors (Lipinski definition) is 2. The summed E-state index contributed by atoms with van der Waals surface area (Å²) in [7, 11) is 2.82. The van der Waals surface area contributed by atoms with Gasteiger partial charge in [-0.1, -0.05) is 26.7 Å². The lowest BCUT2D eigenvalue weighted by Crippen LogP contribution is -3.00. The second-order valence-corrected chi connectivity index (χ2v) is 7.17. The molecule has 2 aromatic rings. The molecule has 1 amide bonds. The van der Waals surface area contributed by atoms with E-state index in [4.69, 9.17) is 10.2 Å². The van der Waals surface area contributed by atoms with E-state index < -0.39 is 6.09 Å². The van der Waals surface area contributed by atoms with E-state index in [9.17, 15) is 9.90 Å². The number of pyridine rings is 2. The van der Waals surface area contributed by atoms with Crippen molar-refractivity contribution in [2.45, 2.75) is 65.5 Å². The summed E-state index contributed by atoms with van der Waals surface area (Å²) in [5.74, 6) is 0.683. The minimum absolute atomic E-state index is 0. The predicted octanol–water partition coefficient (Wildman–Crippen LogP) is -0.365. The molecule has 0 fully saturated rings. The molecule has 8 heteroatoms. The second-order valence-electron chi connectivity index (χ2n) is 7.17. The van der Waals surface area contributed by atoms with Crippen molar-refractivity contribution in [2.75, 3.05) is 14.1 Å². The van der Waals surface area contributed by atoms with Gasteiger partial charge in [0.2, 0.25) is 12.4 Å². The molecule has 31 heavy (non-hydrogen) atoms. The first kappa shape index (κ1) is 30.8. The standard InChI is InChI=1S/2C10H15NO.C3H7NO2.BrH/c2*1-2-3-4-7-11-8-5-6-10(12)9-11;1-4(2)3(5)6;/h2*5-6,8-9H,2-4,7H2,1H3;1-2H3,(H,5,6);1H. The minimum atomic E-state index is -1.16. The van der Waals surface area contributed by atoms with Crippen LogP contribution >= 0.6 is 0 Å². The number of aromatic hydroxyl groups is 2. The summed E-state index contributed by atoms with van der Waals surface area (Å²) >= 11 is 0. The first-order valence-electron chi connectivity index (χ1n) is 10.5. The third-order valence-electron chi connectivity index (χ3n) is 4.09. The van der Waals surface area contributed by atoms with Crippen LogP contribution in [0.2, 0.25) is 0 Å². The van der Waals surface area contributed by atoms with E-state index in [1.165, 1.54) is 52.6 Å². The molecule has 7 nitrogen and oxygen atoms in total. The maximum absolute atomic E-state index is 9.51. The summed E-state index contributed by atoms with van der Waals surface area (Å²) in [5, 5.41) is 27.8. The van der Waals surface area contributed by atoms with Gasteiger partial charge in [-0.05, 0) is 25.0 Å². The number of aromatic nitrogens is 2. The van der Waals surface area contributed by atoms with E-state index in [-0.39, 0.29) is 17.0 Å². The average molecular weight is 500 g/mol. The fraction of sp³-hybridized carbons (Fsp3) is 0.522. The van der Waals surface area contributed by atoms with E-state index in [0.29, 0.717) is 11.5 Å². The highest BCUT2D eigenvalue weighted by atomic mass is 79.9. The monoisotopic (exact) mass is 499 g/mol. The van der Waals surface area contributed by atoms with Crippen molar-refractivity contribution in [3.63, 3.8) is 0 Å². The quantitative estimate of drug-likeness (QED) is 0.383. The number of carbonyl (C=O) groups is 1. The average Bonchev–Trinajstić information content (AvgIpc) is 2.69. The number of amides is 1. The van der Waals surface area contributed by atoms with Gasteiger partial charge in [-0.2, -0.15) is 0 Å². The number of aryl methyl sites for hydroxylation is 2. The van der Waals surface area contributed by atoms with Gasteiger partial charge < -0.3 is 42.0 Å². The van der Waals surface area contributed by atoms with Crippen LogP contribution in [0.3, 0.4) is 0 Å². The predicted molar refractivity (Wildman–Crippen MR) is 115 cm³/mol. The zero-order valence-electron chi connectivity index (χ0n) is 19.2. The van der Waals surface area contributed by atoms with E-state index in [1.807, 2.05) is 33.7 Å². The van der Waals surface area contributed by atoms with Gasteiger partial charge in [0, 0.05) is 39.1 Å². The van der Waals surface area contributed by atoms with Gasteiger partial charge in [0.25, 0.3) is 0 Å². The number of carbonyl (C=O) groups excluding carboxylic acids is 1. The van der Waals surface area contributed by atoms with E-state index in [0.717, 1.165) is 18.0 Å². The summed E-state index contributed by atoms with van der Waals surface area (Å²) in [6.07, 6.45) is 13.7. The van der Waals surface area contributed by atoms with Gasteiger partial charge in [-0.15, -0.1) is 0 Å². The number of carboxylic acid groups (broad SMARTS) is 1. The molecule has 2 rings (SSSR count). The molecule has 0 radical (unpaired) electrons. The first-order chi connectivity index (χ1) is 14.3. The van der Waals surface area contributed by atoms with E-state index >= 15 is 0 Å². The number of unbranched alkanes of at least 4 members (excludes halogenated alkanes) is 4. The van der Waals surface area contributed by atoms with Gasteiger partial charge >= 0.3 is 0 Å². The van der Waals surface area contributed by atoms with Crippen LogP contribution in [0.4, 0.5) is 4.79 Å². The Labute approximate surface area is 197 Å². The van der Waals surface area contributed by atoms with Crippen LogP contribution in [0.25, 0.3) is 0 Å².